The molecule has 0 spiro atoms. The fraction of sp³-hybridized carbons (Fsp3) is 0.727. The standard InChI is InChI=1S/C7H10O2.C4H11NO2/c8-7(9)6-4-2-1-3-5-6;1-3(6)5-4(2)7/h4H,1-3,5H2,(H,8,9);3-7H,1-2H3. The van der Waals surface area contributed by atoms with Gasteiger partial charge < -0.3 is 15.3 Å². The van der Waals surface area contributed by atoms with Gasteiger partial charge >= 0.3 is 5.97 Å². The zero-order valence-electron chi connectivity index (χ0n) is 9.81. The van der Waals surface area contributed by atoms with E-state index in [0.717, 1.165) is 25.7 Å². The Hall–Kier alpha value is -0.910. The highest BCUT2D eigenvalue weighted by Crippen LogP contribution is 2.16. The second-order valence-electron chi connectivity index (χ2n) is 3.80. The van der Waals surface area contributed by atoms with Gasteiger partial charge in [-0.3, -0.25) is 5.32 Å². The van der Waals surface area contributed by atoms with Crippen LogP contribution < -0.4 is 5.32 Å². The lowest BCUT2D eigenvalue weighted by molar-refractivity contribution is -0.132. The van der Waals surface area contributed by atoms with Crippen LogP contribution in [-0.4, -0.2) is 33.7 Å². The number of carboxylic acid groups (broad SMARTS) is 1. The molecule has 1 aliphatic rings. The van der Waals surface area contributed by atoms with Crippen molar-refractivity contribution in [1.82, 2.24) is 5.32 Å². The molecule has 0 amide bonds. The van der Waals surface area contributed by atoms with Crippen LogP contribution in [0.25, 0.3) is 0 Å². The number of hydrogen-bond donors (Lipinski definition) is 4. The number of rotatable bonds is 3. The molecule has 4 N–H and O–H groups in total. The van der Waals surface area contributed by atoms with E-state index < -0.39 is 18.4 Å². The predicted octanol–water partition coefficient (Wildman–Crippen LogP) is 0.824. The quantitative estimate of drug-likeness (QED) is 0.540. The van der Waals surface area contributed by atoms with Crippen LogP contribution in [0.15, 0.2) is 11.6 Å². The molecule has 0 saturated heterocycles. The average molecular weight is 231 g/mol. The lowest BCUT2D eigenvalue weighted by atomic mass is 10.0. The Labute approximate surface area is 95.8 Å². The molecule has 2 atom stereocenters. The van der Waals surface area contributed by atoms with Crippen LogP contribution in [0.1, 0.15) is 39.5 Å². The van der Waals surface area contributed by atoms with Gasteiger partial charge in [0.1, 0.15) is 12.5 Å². The number of aliphatic hydroxyl groups is 2. The Morgan fingerprint density at radius 2 is 1.88 bits per heavy atom. The Bertz CT molecular complexity index is 230. The summed E-state index contributed by atoms with van der Waals surface area (Å²) in [6.07, 6.45) is 4.47. The molecule has 0 aromatic rings. The van der Waals surface area contributed by atoms with Gasteiger partial charge in [0.25, 0.3) is 0 Å². The fourth-order valence-electron chi connectivity index (χ4n) is 1.38. The monoisotopic (exact) mass is 231 g/mol. The number of allylic oxidation sites excluding steroid dienone is 1. The minimum atomic E-state index is -0.741. The molecule has 0 saturated carbocycles. The maximum absolute atomic E-state index is 10.3. The predicted molar refractivity (Wildman–Crippen MR) is 60.7 cm³/mol. The van der Waals surface area contributed by atoms with Crippen molar-refractivity contribution >= 4 is 5.97 Å². The molecule has 5 heteroatoms. The molecule has 0 fully saturated rings. The highest BCUT2D eigenvalue weighted by molar-refractivity contribution is 5.86. The minimum Gasteiger partial charge on any atom is -0.478 e. The van der Waals surface area contributed by atoms with Gasteiger partial charge in [-0.2, -0.15) is 0 Å². The van der Waals surface area contributed by atoms with Crippen molar-refractivity contribution in [1.29, 1.82) is 0 Å². The summed E-state index contributed by atoms with van der Waals surface area (Å²) in [5, 5.41) is 27.8. The Morgan fingerprint density at radius 3 is 2.06 bits per heavy atom. The molecule has 0 aromatic carbocycles. The Balaban J connectivity index is 0.000000293. The second kappa shape index (κ2) is 8.27. The van der Waals surface area contributed by atoms with Crippen molar-refractivity contribution in [3.63, 3.8) is 0 Å². The number of nitrogens with one attached hydrogen (secondary N) is 1. The first-order chi connectivity index (χ1) is 7.43. The summed E-state index contributed by atoms with van der Waals surface area (Å²) in [7, 11) is 0. The van der Waals surface area contributed by atoms with Gasteiger partial charge in [0.2, 0.25) is 0 Å². The third kappa shape index (κ3) is 8.40. The summed E-state index contributed by atoms with van der Waals surface area (Å²) in [6.45, 7) is 3.10. The van der Waals surface area contributed by atoms with Gasteiger partial charge in [0.05, 0.1) is 0 Å². The number of aliphatic carboxylic acids is 1. The number of hydrogen-bond acceptors (Lipinski definition) is 4. The van der Waals surface area contributed by atoms with Crippen LogP contribution in [-0.2, 0) is 4.79 Å². The summed E-state index contributed by atoms with van der Waals surface area (Å²) in [6, 6.07) is 0. The van der Waals surface area contributed by atoms with Crippen LogP contribution >= 0.6 is 0 Å². The summed E-state index contributed by atoms with van der Waals surface area (Å²) in [4.78, 5) is 10.3. The van der Waals surface area contributed by atoms with Crippen LogP contribution in [0, 0.1) is 0 Å². The molecule has 94 valence electrons. The van der Waals surface area contributed by atoms with E-state index in [4.69, 9.17) is 15.3 Å². The van der Waals surface area contributed by atoms with E-state index in [1.54, 1.807) is 13.8 Å². The van der Waals surface area contributed by atoms with E-state index in [1.807, 2.05) is 6.08 Å². The van der Waals surface area contributed by atoms with Gasteiger partial charge in [-0.25, -0.2) is 4.79 Å². The van der Waals surface area contributed by atoms with Crippen LogP contribution in [0.4, 0.5) is 0 Å². The Kier molecular flexibility index (Phi) is 7.80. The molecule has 0 aromatic heterocycles. The number of aliphatic hydroxyl groups excluding tert-OH is 2. The van der Waals surface area contributed by atoms with Crippen LogP contribution in [0.5, 0.6) is 0 Å². The number of carboxylic acids is 1. The Morgan fingerprint density at radius 1 is 1.31 bits per heavy atom. The lowest BCUT2D eigenvalue weighted by Gasteiger charge is -2.08. The summed E-state index contributed by atoms with van der Waals surface area (Å²) in [5.41, 5.74) is 0.598. The molecule has 0 aliphatic heterocycles. The van der Waals surface area contributed by atoms with Gasteiger partial charge in [-0.15, -0.1) is 0 Å². The van der Waals surface area contributed by atoms with Gasteiger partial charge in [-0.05, 0) is 39.5 Å². The van der Waals surface area contributed by atoms with Crippen molar-refractivity contribution in [3.05, 3.63) is 11.6 Å². The first-order valence-electron chi connectivity index (χ1n) is 5.48. The van der Waals surface area contributed by atoms with Crippen molar-refractivity contribution in [2.45, 2.75) is 52.0 Å². The molecular weight excluding hydrogens is 210 g/mol. The second-order valence-corrected chi connectivity index (χ2v) is 3.80. The van der Waals surface area contributed by atoms with E-state index in [2.05, 4.69) is 5.32 Å². The van der Waals surface area contributed by atoms with E-state index in [0.29, 0.717) is 5.57 Å². The van der Waals surface area contributed by atoms with Crippen molar-refractivity contribution in [2.24, 2.45) is 0 Å². The van der Waals surface area contributed by atoms with Gasteiger partial charge in [-0.1, -0.05) is 6.08 Å². The van der Waals surface area contributed by atoms with Gasteiger partial charge in [0, 0.05) is 5.57 Å². The zero-order valence-corrected chi connectivity index (χ0v) is 9.81. The molecule has 5 nitrogen and oxygen atoms in total. The molecular formula is C11H21NO4. The van der Waals surface area contributed by atoms with Gasteiger partial charge in [0.15, 0.2) is 0 Å². The highest BCUT2D eigenvalue weighted by atomic mass is 16.4. The molecule has 0 heterocycles. The largest absolute Gasteiger partial charge is 0.478 e. The van der Waals surface area contributed by atoms with E-state index >= 15 is 0 Å². The van der Waals surface area contributed by atoms with Crippen LogP contribution in [0.2, 0.25) is 0 Å². The highest BCUT2D eigenvalue weighted by Gasteiger charge is 2.08. The smallest absolute Gasteiger partial charge is 0.331 e. The van der Waals surface area contributed by atoms with Crippen molar-refractivity contribution in [2.75, 3.05) is 0 Å². The summed E-state index contributed by atoms with van der Waals surface area (Å²) in [5.74, 6) is -0.741. The molecule has 2 unspecified atom stereocenters. The summed E-state index contributed by atoms with van der Waals surface area (Å²) >= 11 is 0. The minimum absolute atomic E-state index is 0.598. The maximum atomic E-state index is 10.3. The SMILES string of the molecule is CC(O)NC(C)O.O=C(O)C1=CCCCC1. The van der Waals surface area contributed by atoms with E-state index in [9.17, 15) is 4.79 Å². The molecule has 16 heavy (non-hydrogen) atoms. The maximum Gasteiger partial charge on any atom is 0.331 e. The molecule has 0 bridgehead atoms. The van der Waals surface area contributed by atoms with Crippen LogP contribution in [0.3, 0.4) is 0 Å². The molecule has 0 radical (unpaired) electrons. The topological polar surface area (TPSA) is 89.8 Å². The first kappa shape index (κ1) is 15.1. The average Bonchev–Trinajstić information content (AvgIpc) is 2.17. The number of carbonyl (C=O) groups is 1. The van der Waals surface area contributed by atoms with Crippen molar-refractivity contribution < 1.29 is 20.1 Å². The third-order valence-electron chi connectivity index (χ3n) is 2.05. The van der Waals surface area contributed by atoms with Crippen molar-refractivity contribution in [3.8, 4) is 0 Å². The fourth-order valence-corrected chi connectivity index (χ4v) is 1.38. The normalized spacial score (nSPS) is 18.9. The molecule has 1 rings (SSSR count). The third-order valence-corrected chi connectivity index (χ3v) is 2.05. The van der Waals surface area contributed by atoms with E-state index in [-0.39, 0.29) is 0 Å². The first-order valence-corrected chi connectivity index (χ1v) is 5.48. The lowest BCUT2D eigenvalue weighted by Crippen LogP contribution is -2.33. The summed E-state index contributed by atoms with van der Waals surface area (Å²) < 4.78 is 0. The zero-order chi connectivity index (χ0) is 12.6. The molecule has 1 aliphatic carbocycles. The van der Waals surface area contributed by atoms with E-state index in [1.165, 1.54) is 0 Å².